The number of nitrogens with zero attached hydrogens (tertiary/aromatic N) is 4. The first-order valence-electron chi connectivity index (χ1n) is 12.8. The number of rotatable bonds is 7. The van der Waals surface area contributed by atoms with Crippen LogP contribution >= 0.6 is 0 Å². The molecule has 1 atom stereocenters. The van der Waals surface area contributed by atoms with Gasteiger partial charge in [0, 0.05) is 40.8 Å². The summed E-state index contributed by atoms with van der Waals surface area (Å²) in [4.78, 5) is 37.8. The zero-order chi connectivity index (χ0) is 25.5. The van der Waals surface area contributed by atoms with Crippen molar-refractivity contribution < 1.29 is 9.59 Å². The highest BCUT2D eigenvalue weighted by molar-refractivity contribution is 6.07. The summed E-state index contributed by atoms with van der Waals surface area (Å²) in [5.74, 6) is -0.0583. The van der Waals surface area contributed by atoms with Crippen LogP contribution in [0.2, 0.25) is 0 Å². The highest BCUT2D eigenvalue weighted by Crippen LogP contribution is 2.34. The van der Waals surface area contributed by atoms with Crippen LogP contribution in [0.5, 0.6) is 0 Å². The molecule has 0 aliphatic heterocycles. The summed E-state index contributed by atoms with van der Waals surface area (Å²) in [6.07, 6.45) is 11.9. The smallest absolute Gasteiger partial charge is 0.276 e. The SMILES string of the molecule is CC(C)NC(=O)C1C=C(NC(=O)c2nn(CC3CC3)c3cc(-c4ncnc5[nH]ccc45)ccc23)C=CC1. The molecule has 37 heavy (non-hydrogen) atoms. The lowest BCUT2D eigenvalue weighted by Crippen LogP contribution is -2.36. The van der Waals surface area contributed by atoms with Crippen molar-refractivity contribution in [3.63, 3.8) is 0 Å². The minimum Gasteiger partial charge on any atom is -0.353 e. The van der Waals surface area contributed by atoms with Crippen LogP contribution in [0.25, 0.3) is 33.2 Å². The Labute approximate surface area is 214 Å². The fourth-order valence-corrected chi connectivity index (χ4v) is 4.81. The molecule has 1 saturated carbocycles. The molecule has 2 amide bonds. The van der Waals surface area contributed by atoms with Gasteiger partial charge in [0.05, 0.1) is 17.1 Å². The van der Waals surface area contributed by atoms with Crippen molar-refractivity contribution in [3.8, 4) is 11.3 Å². The maximum absolute atomic E-state index is 13.4. The predicted octanol–water partition coefficient (Wildman–Crippen LogP) is 4.10. The number of carbonyl (C=O) groups is 2. The van der Waals surface area contributed by atoms with Crippen molar-refractivity contribution in [1.29, 1.82) is 0 Å². The van der Waals surface area contributed by atoms with E-state index < -0.39 is 0 Å². The fraction of sp³-hybridized carbons (Fsp3) is 0.321. The molecule has 3 heterocycles. The molecule has 1 aromatic carbocycles. The maximum atomic E-state index is 13.4. The van der Waals surface area contributed by atoms with E-state index in [0.29, 0.717) is 23.7 Å². The van der Waals surface area contributed by atoms with Gasteiger partial charge in [-0.25, -0.2) is 9.97 Å². The summed E-state index contributed by atoms with van der Waals surface area (Å²) in [5.41, 5.74) is 4.45. The molecule has 0 radical (unpaired) electrons. The third-order valence-electron chi connectivity index (χ3n) is 6.82. The molecule has 9 heteroatoms. The van der Waals surface area contributed by atoms with Gasteiger partial charge in [-0.15, -0.1) is 0 Å². The van der Waals surface area contributed by atoms with E-state index in [1.807, 2.05) is 61.2 Å². The summed E-state index contributed by atoms with van der Waals surface area (Å²) >= 11 is 0. The molecule has 0 spiro atoms. The topological polar surface area (TPSA) is 118 Å². The lowest BCUT2D eigenvalue weighted by atomic mass is 9.98. The van der Waals surface area contributed by atoms with E-state index in [9.17, 15) is 9.59 Å². The van der Waals surface area contributed by atoms with E-state index in [0.717, 1.165) is 39.7 Å². The van der Waals surface area contributed by atoms with Gasteiger partial charge in [-0.2, -0.15) is 5.10 Å². The van der Waals surface area contributed by atoms with E-state index >= 15 is 0 Å². The van der Waals surface area contributed by atoms with Gasteiger partial charge >= 0.3 is 0 Å². The molecule has 6 rings (SSSR count). The number of hydrogen-bond acceptors (Lipinski definition) is 5. The molecule has 3 aromatic heterocycles. The number of benzene rings is 1. The molecular weight excluding hydrogens is 466 g/mol. The molecule has 2 aliphatic rings. The van der Waals surface area contributed by atoms with Crippen LogP contribution in [0.15, 0.2) is 60.7 Å². The van der Waals surface area contributed by atoms with Gasteiger partial charge in [0.1, 0.15) is 12.0 Å². The minimum atomic E-state index is -0.312. The molecular formula is C28H29N7O2. The van der Waals surface area contributed by atoms with Crippen molar-refractivity contribution in [1.82, 2.24) is 35.4 Å². The summed E-state index contributed by atoms with van der Waals surface area (Å²) in [6, 6.07) is 8.01. The first-order valence-corrected chi connectivity index (χ1v) is 12.8. The van der Waals surface area contributed by atoms with Gasteiger partial charge in [0.2, 0.25) is 5.91 Å². The second kappa shape index (κ2) is 9.31. The first-order chi connectivity index (χ1) is 18.0. The largest absolute Gasteiger partial charge is 0.353 e. The lowest BCUT2D eigenvalue weighted by Gasteiger charge is -2.18. The Morgan fingerprint density at radius 3 is 2.84 bits per heavy atom. The van der Waals surface area contributed by atoms with Gasteiger partial charge in [-0.1, -0.05) is 12.1 Å². The second-order valence-corrected chi connectivity index (χ2v) is 10.2. The maximum Gasteiger partial charge on any atom is 0.276 e. The number of nitrogens with one attached hydrogen (secondary N) is 3. The van der Waals surface area contributed by atoms with Crippen LogP contribution in [-0.4, -0.2) is 42.6 Å². The van der Waals surface area contributed by atoms with Gasteiger partial charge in [-0.3, -0.25) is 14.3 Å². The van der Waals surface area contributed by atoms with Crippen LogP contribution in [0, 0.1) is 11.8 Å². The molecule has 9 nitrogen and oxygen atoms in total. The zero-order valence-corrected chi connectivity index (χ0v) is 20.9. The van der Waals surface area contributed by atoms with Gasteiger partial charge < -0.3 is 15.6 Å². The molecule has 2 aliphatic carbocycles. The number of fused-ring (bicyclic) bond motifs is 2. The van der Waals surface area contributed by atoms with Crippen molar-refractivity contribution in [2.75, 3.05) is 0 Å². The number of allylic oxidation sites excluding steroid dienone is 2. The van der Waals surface area contributed by atoms with E-state index in [2.05, 4.69) is 31.7 Å². The highest BCUT2D eigenvalue weighted by Gasteiger charge is 2.26. The monoisotopic (exact) mass is 495 g/mol. The minimum absolute atomic E-state index is 0.0426. The second-order valence-electron chi connectivity index (χ2n) is 10.2. The summed E-state index contributed by atoms with van der Waals surface area (Å²) in [7, 11) is 0. The average molecular weight is 496 g/mol. The number of aromatic nitrogens is 5. The average Bonchev–Trinajstić information content (AvgIpc) is 3.44. The fourth-order valence-electron chi connectivity index (χ4n) is 4.81. The van der Waals surface area contributed by atoms with Crippen molar-refractivity contribution in [2.45, 2.75) is 45.7 Å². The zero-order valence-electron chi connectivity index (χ0n) is 20.9. The Bertz CT molecular complexity index is 1570. The third-order valence-corrected chi connectivity index (χ3v) is 6.82. The molecule has 1 unspecified atom stereocenters. The first kappa shape index (κ1) is 23.1. The quantitative estimate of drug-likeness (QED) is 0.357. The van der Waals surface area contributed by atoms with Gasteiger partial charge in [0.15, 0.2) is 5.69 Å². The van der Waals surface area contributed by atoms with Crippen molar-refractivity contribution in [2.24, 2.45) is 11.8 Å². The Kier molecular flexibility index (Phi) is 5.82. The van der Waals surface area contributed by atoms with Crippen LogP contribution in [0.4, 0.5) is 0 Å². The normalized spacial score (nSPS) is 17.4. The van der Waals surface area contributed by atoms with Crippen LogP contribution in [-0.2, 0) is 11.3 Å². The Hall–Kier alpha value is -4.27. The third kappa shape index (κ3) is 4.64. The Morgan fingerprint density at radius 1 is 1.16 bits per heavy atom. The van der Waals surface area contributed by atoms with Crippen LogP contribution < -0.4 is 10.6 Å². The molecule has 4 aromatic rings. The number of amides is 2. The number of aromatic amines is 1. The molecule has 1 fully saturated rings. The Morgan fingerprint density at radius 2 is 2.03 bits per heavy atom. The molecule has 3 N–H and O–H groups in total. The van der Waals surface area contributed by atoms with Gasteiger partial charge in [0.25, 0.3) is 5.91 Å². The Balaban J connectivity index is 1.33. The summed E-state index contributed by atoms with van der Waals surface area (Å²) < 4.78 is 1.95. The van der Waals surface area contributed by atoms with Gasteiger partial charge in [-0.05, 0) is 69.4 Å². The number of hydrogen-bond donors (Lipinski definition) is 3. The van der Waals surface area contributed by atoms with Crippen LogP contribution in [0.1, 0.15) is 43.6 Å². The van der Waals surface area contributed by atoms with Crippen LogP contribution in [0.3, 0.4) is 0 Å². The van der Waals surface area contributed by atoms with Crippen molar-refractivity contribution in [3.05, 3.63) is 66.4 Å². The molecule has 188 valence electrons. The standard InChI is InChI=1S/C28H29N7O2/c1-16(2)32-27(36)19-4-3-5-20(12-19)33-28(37)25-21-9-8-18(13-23(21)35(34-25)14-17-6-7-17)24-22-10-11-29-26(22)31-15-30-24/h3,5,8-13,15-17,19H,4,6-7,14H2,1-2H3,(H,32,36)(H,33,37)(H,29,30,31). The molecule has 0 saturated heterocycles. The molecule has 0 bridgehead atoms. The van der Waals surface area contributed by atoms with E-state index in [1.54, 1.807) is 6.33 Å². The van der Waals surface area contributed by atoms with E-state index in [1.165, 1.54) is 12.8 Å². The van der Waals surface area contributed by atoms with Crippen molar-refractivity contribution >= 4 is 33.8 Å². The summed E-state index contributed by atoms with van der Waals surface area (Å²) in [6.45, 7) is 4.64. The predicted molar refractivity (Wildman–Crippen MR) is 141 cm³/mol. The number of carbonyl (C=O) groups excluding carboxylic acids is 2. The summed E-state index contributed by atoms with van der Waals surface area (Å²) in [5, 5.41) is 12.4. The van der Waals surface area contributed by atoms with E-state index in [-0.39, 0.29) is 23.8 Å². The number of H-pyrrole nitrogens is 1. The highest BCUT2D eigenvalue weighted by atomic mass is 16.2. The van der Waals surface area contributed by atoms with E-state index in [4.69, 9.17) is 5.10 Å². The lowest BCUT2D eigenvalue weighted by molar-refractivity contribution is -0.124.